The lowest BCUT2D eigenvalue weighted by atomic mass is 10.0. The first-order valence-electron chi connectivity index (χ1n) is 13.0. The molecular weight excluding hydrogens is 362 g/mol. The highest BCUT2D eigenvalue weighted by Crippen LogP contribution is 2.15. The Hall–Kier alpha value is -0.160. The third-order valence-corrected chi connectivity index (χ3v) is 6.01. The fourth-order valence-electron chi connectivity index (χ4n) is 4.21. The Kier molecular flexibility index (Phi) is 22.4. The summed E-state index contributed by atoms with van der Waals surface area (Å²) in [5, 5.41) is 18.6. The van der Waals surface area contributed by atoms with Gasteiger partial charge in [0, 0.05) is 0 Å². The summed E-state index contributed by atoms with van der Waals surface area (Å²) in [5.41, 5.74) is 0. The molecule has 0 aromatic carbocycles. The van der Waals surface area contributed by atoms with Crippen LogP contribution in [0.25, 0.3) is 0 Å². The molecule has 0 fully saturated rings. The number of hydrogen-bond acceptors (Lipinski definition) is 3. The van der Waals surface area contributed by atoms with E-state index in [1.54, 1.807) is 0 Å². The number of hydroxylamine groups is 3. The van der Waals surface area contributed by atoms with Crippen molar-refractivity contribution in [2.45, 2.75) is 123 Å². The first kappa shape index (κ1) is 28.8. The molecule has 0 saturated carbocycles. The maximum Gasteiger partial charge on any atom is 0.132 e. The molecule has 176 valence electrons. The molecule has 0 heterocycles. The maximum absolute atomic E-state index is 9.32. The topological polar surface area (TPSA) is 49.7 Å². The molecule has 0 saturated heterocycles. The van der Waals surface area contributed by atoms with Crippen LogP contribution in [0, 0.1) is 0 Å². The third-order valence-electron chi connectivity index (χ3n) is 6.01. The first-order valence-corrected chi connectivity index (χ1v) is 13.0. The lowest BCUT2D eigenvalue weighted by molar-refractivity contribution is -1.11. The van der Waals surface area contributed by atoms with E-state index >= 15 is 0 Å². The molecule has 0 aliphatic rings. The zero-order valence-corrected chi connectivity index (χ0v) is 20.0. The van der Waals surface area contributed by atoms with Crippen LogP contribution in [-0.4, -0.2) is 54.3 Å². The van der Waals surface area contributed by atoms with Crippen molar-refractivity contribution >= 4 is 0 Å². The Balaban J connectivity index is 3.43. The van der Waals surface area contributed by atoms with E-state index in [2.05, 4.69) is 13.8 Å². The van der Waals surface area contributed by atoms with E-state index in [-0.39, 0.29) is 13.2 Å². The van der Waals surface area contributed by atoms with E-state index in [1.807, 2.05) is 0 Å². The Bertz CT molecular complexity index is 295. The van der Waals surface area contributed by atoms with Crippen molar-refractivity contribution in [1.82, 2.24) is 0 Å². The highest BCUT2D eigenvalue weighted by molar-refractivity contribution is 4.50. The van der Waals surface area contributed by atoms with E-state index < -0.39 is 0 Å². The van der Waals surface area contributed by atoms with Crippen LogP contribution < -0.4 is 0 Å². The largest absolute Gasteiger partial charge is 0.390 e. The molecule has 0 aliphatic heterocycles. The number of rotatable bonds is 24. The van der Waals surface area contributed by atoms with E-state index in [0.717, 1.165) is 26.0 Å². The van der Waals surface area contributed by atoms with Crippen molar-refractivity contribution in [3.05, 3.63) is 0 Å². The number of hydrogen-bond donors (Lipinski definition) is 2. The molecule has 0 bridgehead atoms. The van der Waals surface area contributed by atoms with Gasteiger partial charge in [-0.25, -0.2) is 4.84 Å². The summed E-state index contributed by atoms with van der Waals surface area (Å²) in [4.78, 5) is 6.09. The van der Waals surface area contributed by atoms with Gasteiger partial charge in [0.2, 0.25) is 0 Å². The summed E-state index contributed by atoms with van der Waals surface area (Å²) in [7, 11) is 0. The smallest absolute Gasteiger partial charge is 0.132 e. The van der Waals surface area contributed by atoms with Gasteiger partial charge >= 0.3 is 0 Å². The van der Waals surface area contributed by atoms with E-state index in [4.69, 9.17) is 4.84 Å². The molecule has 0 aromatic rings. The molecule has 0 atom stereocenters. The predicted molar refractivity (Wildman–Crippen MR) is 125 cm³/mol. The molecule has 0 spiro atoms. The van der Waals surface area contributed by atoms with Gasteiger partial charge in [-0.2, -0.15) is 4.65 Å². The van der Waals surface area contributed by atoms with Gasteiger partial charge in [-0.1, -0.05) is 110 Å². The molecular formula is C25H54NO3+. The second-order valence-corrected chi connectivity index (χ2v) is 8.81. The summed E-state index contributed by atoms with van der Waals surface area (Å²) >= 11 is 0. The van der Waals surface area contributed by atoms with Crippen molar-refractivity contribution in [2.75, 3.05) is 39.5 Å². The van der Waals surface area contributed by atoms with Crippen LogP contribution in [0.15, 0.2) is 0 Å². The number of aliphatic hydroxyl groups excluding tert-OH is 2. The van der Waals surface area contributed by atoms with Crippen LogP contribution in [0.5, 0.6) is 0 Å². The summed E-state index contributed by atoms with van der Waals surface area (Å²) in [6.45, 7) is 7.38. The zero-order chi connectivity index (χ0) is 21.5. The Morgan fingerprint density at radius 1 is 0.483 bits per heavy atom. The normalized spacial score (nSPS) is 12.0. The highest BCUT2D eigenvalue weighted by Gasteiger charge is 2.27. The van der Waals surface area contributed by atoms with Crippen LogP contribution >= 0.6 is 0 Å². The number of nitrogens with zero attached hydrogens (tertiary/aromatic N) is 1. The van der Waals surface area contributed by atoms with Gasteiger partial charge < -0.3 is 10.2 Å². The van der Waals surface area contributed by atoms with Crippen LogP contribution in [0.2, 0.25) is 0 Å². The van der Waals surface area contributed by atoms with Crippen molar-refractivity contribution < 1.29 is 19.7 Å². The second kappa shape index (κ2) is 22.5. The molecule has 0 radical (unpaired) electrons. The lowest BCUT2D eigenvalue weighted by Gasteiger charge is -2.34. The average molecular weight is 417 g/mol. The lowest BCUT2D eigenvalue weighted by Crippen LogP contribution is -2.52. The van der Waals surface area contributed by atoms with Gasteiger partial charge in [0.05, 0.1) is 13.2 Å². The Labute approximate surface area is 182 Å². The summed E-state index contributed by atoms with van der Waals surface area (Å²) in [6.07, 6.45) is 23.0. The predicted octanol–water partition coefficient (Wildman–Crippen LogP) is 6.39. The Morgan fingerprint density at radius 2 is 0.862 bits per heavy atom. The molecule has 29 heavy (non-hydrogen) atoms. The van der Waals surface area contributed by atoms with Gasteiger partial charge in [-0.15, -0.1) is 0 Å². The van der Waals surface area contributed by atoms with Gasteiger partial charge in [0.25, 0.3) is 0 Å². The quantitative estimate of drug-likeness (QED) is 0.109. The minimum absolute atomic E-state index is 0.110. The standard InChI is InChI=1S/C25H54NO3/c1-3-5-6-7-8-9-10-11-12-13-14-15-16-17-18-19-25-29-26(20-4-2,21-23-27)22-24-28/h27-28H,3-25H2,1-2H3/q+1. The van der Waals surface area contributed by atoms with Crippen molar-refractivity contribution in [3.8, 4) is 0 Å². The van der Waals surface area contributed by atoms with Crippen LogP contribution in [-0.2, 0) is 4.84 Å². The molecule has 0 aliphatic carbocycles. The summed E-state index contributed by atoms with van der Waals surface area (Å²) in [6, 6.07) is 0. The van der Waals surface area contributed by atoms with Crippen molar-refractivity contribution in [3.63, 3.8) is 0 Å². The summed E-state index contributed by atoms with van der Waals surface area (Å²) < 4.78 is 0.405. The van der Waals surface area contributed by atoms with Crippen LogP contribution in [0.1, 0.15) is 123 Å². The first-order chi connectivity index (χ1) is 14.2. The molecule has 4 nitrogen and oxygen atoms in total. The van der Waals surface area contributed by atoms with Crippen LogP contribution in [0.3, 0.4) is 0 Å². The van der Waals surface area contributed by atoms with Gasteiger partial charge in [-0.3, -0.25) is 0 Å². The fraction of sp³-hybridized carbons (Fsp3) is 1.00. The van der Waals surface area contributed by atoms with Gasteiger partial charge in [-0.05, 0) is 12.8 Å². The second-order valence-electron chi connectivity index (χ2n) is 8.81. The number of aliphatic hydroxyl groups is 2. The molecule has 0 rings (SSSR count). The van der Waals surface area contributed by atoms with E-state index in [0.29, 0.717) is 17.7 Å². The molecule has 2 N–H and O–H groups in total. The van der Waals surface area contributed by atoms with E-state index in [1.165, 1.54) is 96.3 Å². The van der Waals surface area contributed by atoms with Crippen molar-refractivity contribution in [1.29, 1.82) is 0 Å². The van der Waals surface area contributed by atoms with Crippen molar-refractivity contribution in [2.24, 2.45) is 0 Å². The fourth-order valence-corrected chi connectivity index (χ4v) is 4.21. The van der Waals surface area contributed by atoms with Gasteiger partial charge in [0.1, 0.15) is 26.2 Å². The summed E-state index contributed by atoms with van der Waals surface area (Å²) in [5.74, 6) is 0. The third kappa shape index (κ3) is 18.3. The molecule has 0 unspecified atom stereocenters. The number of quaternary nitrogens is 1. The van der Waals surface area contributed by atoms with Gasteiger partial charge in [0.15, 0.2) is 0 Å². The average Bonchev–Trinajstić information content (AvgIpc) is 2.71. The molecule has 0 aromatic heterocycles. The highest BCUT2D eigenvalue weighted by atomic mass is 16.7. The number of unbranched alkanes of at least 4 members (excludes halogenated alkanes) is 15. The Morgan fingerprint density at radius 3 is 1.21 bits per heavy atom. The molecule has 4 heteroatoms. The van der Waals surface area contributed by atoms with E-state index in [9.17, 15) is 10.2 Å². The maximum atomic E-state index is 9.32. The zero-order valence-electron chi connectivity index (χ0n) is 20.0. The van der Waals surface area contributed by atoms with Crippen LogP contribution in [0.4, 0.5) is 0 Å². The minimum atomic E-state index is 0.110. The molecule has 0 amide bonds. The minimum Gasteiger partial charge on any atom is -0.390 e. The SMILES string of the molecule is CCCCCCCCCCCCCCCCCCO[N+](CCC)(CCO)CCO. The monoisotopic (exact) mass is 416 g/mol.